The highest BCUT2D eigenvalue weighted by molar-refractivity contribution is 5.78. The molecule has 0 fully saturated rings. The maximum absolute atomic E-state index is 11.7. The molecule has 1 aromatic rings. The fourth-order valence-electron chi connectivity index (χ4n) is 1.78. The lowest BCUT2D eigenvalue weighted by atomic mass is 10.0. The van der Waals surface area contributed by atoms with E-state index >= 15 is 0 Å². The minimum atomic E-state index is 0.00457. The molecule has 0 radical (unpaired) electrons. The summed E-state index contributed by atoms with van der Waals surface area (Å²) in [6.45, 7) is 7.59. The summed E-state index contributed by atoms with van der Waals surface area (Å²) in [4.78, 5) is 11.7. The van der Waals surface area contributed by atoms with Gasteiger partial charge < -0.3 is 10.6 Å². The van der Waals surface area contributed by atoms with Crippen molar-refractivity contribution in [2.24, 2.45) is 5.92 Å². The Morgan fingerprint density at radius 2 is 1.78 bits per heavy atom. The minimum absolute atomic E-state index is 0.00457. The number of hydrogen-bond acceptors (Lipinski definition) is 2. The molecule has 18 heavy (non-hydrogen) atoms. The second-order valence-corrected chi connectivity index (χ2v) is 5.07. The van der Waals surface area contributed by atoms with Gasteiger partial charge in [-0.3, -0.25) is 4.79 Å². The van der Waals surface area contributed by atoms with E-state index in [0.717, 1.165) is 5.56 Å². The van der Waals surface area contributed by atoms with Crippen molar-refractivity contribution in [2.45, 2.75) is 33.2 Å². The van der Waals surface area contributed by atoms with Crippen molar-refractivity contribution in [3.8, 4) is 0 Å². The Morgan fingerprint density at radius 1 is 1.17 bits per heavy atom. The number of benzene rings is 1. The second-order valence-electron chi connectivity index (χ2n) is 5.07. The number of carbonyl (C=O) groups is 1. The van der Waals surface area contributed by atoms with Crippen molar-refractivity contribution >= 4 is 5.91 Å². The molecule has 0 aliphatic heterocycles. The molecule has 3 heteroatoms. The van der Waals surface area contributed by atoms with E-state index in [1.54, 1.807) is 0 Å². The largest absolute Gasteiger partial charge is 0.352 e. The van der Waals surface area contributed by atoms with E-state index in [1.807, 2.05) is 14.0 Å². The highest BCUT2D eigenvalue weighted by Crippen LogP contribution is 2.14. The molecule has 1 unspecified atom stereocenters. The van der Waals surface area contributed by atoms with Crippen molar-refractivity contribution < 1.29 is 4.79 Å². The van der Waals surface area contributed by atoms with Crippen LogP contribution in [0, 0.1) is 5.92 Å². The molecule has 3 nitrogen and oxygen atoms in total. The predicted molar refractivity (Wildman–Crippen MR) is 75.5 cm³/mol. The first kappa shape index (κ1) is 14.7. The first-order chi connectivity index (χ1) is 8.54. The quantitative estimate of drug-likeness (QED) is 0.811. The van der Waals surface area contributed by atoms with Crippen LogP contribution in [0.1, 0.15) is 37.8 Å². The summed E-state index contributed by atoms with van der Waals surface area (Å²) in [6, 6.07) is 8.42. The van der Waals surface area contributed by atoms with Crippen LogP contribution >= 0.6 is 0 Å². The molecule has 0 spiro atoms. The van der Waals surface area contributed by atoms with E-state index in [9.17, 15) is 4.79 Å². The van der Waals surface area contributed by atoms with Gasteiger partial charge in [0.1, 0.15) is 0 Å². The zero-order valence-corrected chi connectivity index (χ0v) is 11.8. The van der Waals surface area contributed by atoms with Crippen molar-refractivity contribution in [3.63, 3.8) is 0 Å². The predicted octanol–water partition coefficient (Wildman–Crippen LogP) is 2.28. The highest BCUT2D eigenvalue weighted by atomic mass is 16.1. The monoisotopic (exact) mass is 248 g/mol. The molecule has 100 valence electrons. The van der Waals surface area contributed by atoms with Crippen LogP contribution in [0.3, 0.4) is 0 Å². The molecule has 1 aromatic carbocycles. The Labute approximate surface area is 110 Å². The molecule has 0 aliphatic carbocycles. The topological polar surface area (TPSA) is 41.1 Å². The maximum atomic E-state index is 11.7. The van der Waals surface area contributed by atoms with Crippen LogP contribution in [-0.2, 0) is 11.3 Å². The molecular formula is C15H24N2O. The first-order valence-corrected chi connectivity index (χ1v) is 6.55. The Morgan fingerprint density at radius 3 is 2.28 bits per heavy atom. The van der Waals surface area contributed by atoms with Crippen LogP contribution in [-0.4, -0.2) is 19.5 Å². The summed E-state index contributed by atoms with van der Waals surface area (Å²) >= 11 is 0. The highest BCUT2D eigenvalue weighted by Gasteiger charge is 2.10. The van der Waals surface area contributed by atoms with Crippen molar-refractivity contribution in [1.82, 2.24) is 10.6 Å². The summed E-state index contributed by atoms with van der Waals surface area (Å²) in [5.74, 6) is 0.645. The van der Waals surface area contributed by atoms with Gasteiger partial charge in [0.05, 0.1) is 0 Å². The third-order valence-corrected chi connectivity index (χ3v) is 3.07. The smallest absolute Gasteiger partial charge is 0.224 e. The average molecular weight is 248 g/mol. The van der Waals surface area contributed by atoms with E-state index < -0.39 is 0 Å². The average Bonchev–Trinajstić information content (AvgIpc) is 2.36. The molecule has 0 saturated heterocycles. The molecule has 2 N–H and O–H groups in total. The maximum Gasteiger partial charge on any atom is 0.224 e. The summed E-state index contributed by atoms with van der Waals surface area (Å²) in [5, 5.41) is 5.96. The summed E-state index contributed by atoms with van der Waals surface area (Å²) in [6.07, 6.45) is 0. The zero-order valence-electron chi connectivity index (χ0n) is 11.8. The van der Waals surface area contributed by atoms with Gasteiger partial charge in [-0.25, -0.2) is 0 Å². The third kappa shape index (κ3) is 4.49. The molecule has 0 heterocycles. The van der Waals surface area contributed by atoms with Crippen LogP contribution in [0.2, 0.25) is 0 Å². The Kier molecular flexibility index (Phi) is 5.86. The summed E-state index contributed by atoms with van der Waals surface area (Å²) in [5.41, 5.74) is 2.47. The van der Waals surface area contributed by atoms with Gasteiger partial charge in [-0.15, -0.1) is 0 Å². The number of carbonyl (C=O) groups excluding carboxylic acids is 1. The van der Waals surface area contributed by atoms with E-state index in [4.69, 9.17) is 0 Å². The molecular weight excluding hydrogens is 224 g/mol. The molecule has 0 aliphatic rings. The standard InChI is InChI=1S/C15H24N2O/c1-11(2)14-7-5-13(6-8-14)10-17-15(18)12(3)9-16-4/h5-8,11-12,16H,9-10H2,1-4H3,(H,17,18). The van der Waals surface area contributed by atoms with Gasteiger partial charge in [0.2, 0.25) is 5.91 Å². The van der Waals surface area contributed by atoms with Crippen LogP contribution in [0.4, 0.5) is 0 Å². The number of hydrogen-bond donors (Lipinski definition) is 2. The Hall–Kier alpha value is -1.35. The van der Waals surface area contributed by atoms with E-state index in [-0.39, 0.29) is 11.8 Å². The first-order valence-electron chi connectivity index (χ1n) is 6.55. The zero-order chi connectivity index (χ0) is 13.5. The normalized spacial score (nSPS) is 12.5. The van der Waals surface area contributed by atoms with Gasteiger partial charge in [0.15, 0.2) is 0 Å². The van der Waals surface area contributed by atoms with Gasteiger partial charge >= 0.3 is 0 Å². The third-order valence-electron chi connectivity index (χ3n) is 3.07. The number of nitrogens with one attached hydrogen (secondary N) is 2. The van der Waals surface area contributed by atoms with Crippen LogP contribution < -0.4 is 10.6 Å². The van der Waals surface area contributed by atoms with Crippen molar-refractivity contribution in [2.75, 3.05) is 13.6 Å². The number of amides is 1. The molecule has 0 bridgehead atoms. The van der Waals surface area contributed by atoms with Gasteiger partial charge in [-0.05, 0) is 24.1 Å². The number of rotatable bonds is 6. The van der Waals surface area contributed by atoms with Crippen molar-refractivity contribution in [3.05, 3.63) is 35.4 Å². The minimum Gasteiger partial charge on any atom is -0.352 e. The SMILES string of the molecule is CNCC(C)C(=O)NCc1ccc(C(C)C)cc1. The second kappa shape index (κ2) is 7.17. The Bertz CT molecular complexity index is 371. The molecule has 0 aromatic heterocycles. The fraction of sp³-hybridized carbons (Fsp3) is 0.533. The van der Waals surface area contributed by atoms with Gasteiger partial charge in [0.25, 0.3) is 0 Å². The fourth-order valence-corrected chi connectivity index (χ4v) is 1.78. The van der Waals surface area contributed by atoms with Crippen LogP contribution in [0.5, 0.6) is 0 Å². The van der Waals surface area contributed by atoms with Crippen molar-refractivity contribution in [1.29, 1.82) is 0 Å². The molecule has 1 amide bonds. The van der Waals surface area contributed by atoms with Crippen LogP contribution in [0.25, 0.3) is 0 Å². The summed E-state index contributed by atoms with van der Waals surface area (Å²) < 4.78 is 0. The lowest BCUT2D eigenvalue weighted by Crippen LogP contribution is -2.33. The molecule has 1 rings (SSSR count). The van der Waals surface area contributed by atoms with Crippen LogP contribution in [0.15, 0.2) is 24.3 Å². The summed E-state index contributed by atoms with van der Waals surface area (Å²) in [7, 11) is 1.86. The van der Waals surface area contributed by atoms with Gasteiger partial charge in [0, 0.05) is 19.0 Å². The van der Waals surface area contributed by atoms with E-state index in [0.29, 0.717) is 19.0 Å². The lowest BCUT2D eigenvalue weighted by molar-refractivity contribution is -0.124. The lowest BCUT2D eigenvalue weighted by Gasteiger charge is -2.12. The molecule has 0 saturated carbocycles. The van der Waals surface area contributed by atoms with Gasteiger partial charge in [-0.2, -0.15) is 0 Å². The van der Waals surface area contributed by atoms with E-state index in [2.05, 4.69) is 48.7 Å². The Balaban J connectivity index is 2.46. The van der Waals surface area contributed by atoms with E-state index in [1.165, 1.54) is 5.56 Å². The molecule has 1 atom stereocenters. The van der Waals surface area contributed by atoms with Gasteiger partial charge in [-0.1, -0.05) is 45.0 Å².